The molecule has 0 aliphatic heterocycles. The van der Waals surface area contributed by atoms with Gasteiger partial charge in [-0.2, -0.15) is 0 Å². The van der Waals surface area contributed by atoms with Crippen molar-refractivity contribution in [3.8, 4) is 0 Å². The number of aliphatic hydroxyl groups excluding tert-OH is 2. The lowest BCUT2D eigenvalue weighted by Gasteiger charge is -2.19. The molecule has 0 aromatic heterocycles. The predicted molar refractivity (Wildman–Crippen MR) is 280 cm³/mol. The van der Waals surface area contributed by atoms with Crippen LogP contribution in [0.4, 0.5) is 0 Å². The summed E-state index contributed by atoms with van der Waals surface area (Å²) >= 11 is 0. The van der Waals surface area contributed by atoms with E-state index in [2.05, 4.69) is 92.1 Å². The number of carbonyl (C=O) groups excluding carboxylic acids is 1. The van der Waals surface area contributed by atoms with Gasteiger partial charge in [-0.05, 0) is 83.5 Å². The zero-order valence-corrected chi connectivity index (χ0v) is 41.8. The van der Waals surface area contributed by atoms with Crippen LogP contribution >= 0.6 is 0 Å². The van der Waals surface area contributed by atoms with Crippen LogP contribution in [0.1, 0.15) is 264 Å². The van der Waals surface area contributed by atoms with E-state index in [0.717, 1.165) is 70.6 Å². The Kier molecular flexibility index (Phi) is 51.8. The maximum Gasteiger partial charge on any atom is 0.220 e. The topological polar surface area (TPSA) is 69.6 Å². The first-order valence-electron chi connectivity index (χ1n) is 27.3. The van der Waals surface area contributed by atoms with Gasteiger partial charge in [0.2, 0.25) is 5.91 Å². The van der Waals surface area contributed by atoms with Crippen molar-refractivity contribution in [2.24, 2.45) is 0 Å². The Balaban J connectivity index is 3.59. The normalized spacial score (nSPS) is 13.5. The van der Waals surface area contributed by atoms with Crippen molar-refractivity contribution in [1.82, 2.24) is 5.32 Å². The van der Waals surface area contributed by atoms with Crippen LogP contribution in [0.15, 0.2) is 85.1 Å². The van der Waals surface area contributed by atoms with E-state index in [9.17, 15) is 15.0 Å². The van der Waals surface area contributed by atoms with Gasteiger partial charge in [-0.25, -0.2) is 0 Å². The standard InChI is InChI=1S/C59H105NO3/c1-3-5-7-9-11-13-15-17-19-21-23-25-26-27-28-29-30-31-32-33-35-36-38-40-42-44-46-48-50-52-54-58(62)57(56-61)60-59(63)55-53-51-49-47-45-43-41-39-37-34-24-22-20-18-16-14-12-10-8-6-4-2/h6,8,12,14,18,20,24,34,36,38,44,46,52,54,57-58,61-62H,3-5,7,9-11,13,15-17,19,21-23,25-33,35,37,39-43,45,47-51,53,55-56H2,1-2H3,(H,60,63)/b8-6-,14-12-,20-18-,34-24-,38-36+,46-44+,54-52+. The van der Waals surface area contributed by atoms with Crippen LogP contribution in [0, 0.1) is 0 Å². The molecule has 0 fully saturated rings. The Bertz CT molecular complexity index is 1130. The van der Waals surface area contributed by atoms with Crippen LogP contribution in [0.2, 0.25) is 0 Å². The highest BCUT2D eigenvalue weighted by Gasteiger charge is 2.17. The van der Waals surface area contributed by atoms with Gasteiger partial charge in [0.1, 0.15) is 0 Å². The first kappa shape index (κ1) is 60.6. The van der Waals surface area contributed by atoms with Gasteiger partial charge in [0.15, 0.2) is 0 Å². The van der Waals surface area contributed by atoms with Gasteiger partial charge in [-0.3, -0.25) is 4.79 Å². The molecule has 0 saturated carbocycles. The van der Waals surface area contributed by atoms with Crippen LogP contribution in [0.5, 0.6) is 0 Å². The van der Waals surface area contributed by atoms with E-state index in [1.54, 1.807) is 6.08 Å². The van der Waals surface area contributed by atoms with Gasteiger partial charge in [0.05, 0.1) is 18.8 Å². The van der Waals surface area contributed by atoms with Gasteiger partial charge in [0.25, 0.3) is 0 Å². The summed E-state index contributed by atoms with van der Waals surface area (Å²) < 4.78 is 0. The number of amides is 1. The number of hydrogen-bond acceptors (Lipinski definition) is 3. The lowest BCUT2D eigenvalue weighted by Crippen LogP contribution is -2.45. The van der Waals surface area contributed by atoms with E-state index in [4.69, 9.17) is 0 Å². The molecule has 1 amide bonds. The summed E-state index contributed by atoms with van der Waals surface area (Å²) in [6.07, 6.45) is 78.8. The molecule has 2 unspecified atom stereocenters. The van der Waals surface area contributed by atoms with E-state index in [-0.39, 0.29) is 12.5 Å². The lowest BCUT2D eigenvalue weighted by atomic mass is 10.0. The summed E-state index contributed by atoms with van der Waals surface area (Å²) in [5.41, 5.74) is 0. The van der Waals surface area contributed by atoms with Crippen LogP contribution < -0.4 is 5.32 Å². The number of aliphatic hydroxyl groups is 2. The first-order valence-corrected chi connectivity index (χ1v) is 27.3. The van der Waals surface area contributed by atoms with E-state index < -0.39 is 12.1 Å². The molecule has 0 aromatic carbocycles. The molecule has 0 aliphatic rings. The lowest BCUT2D eigenvalue weighted by molar-refractivity contribution is -0.123. The molecular formula is C59H105NO3. The summed E-state index contributed by atoms with van der Waals surface area (Å²) in [7, 11) is 0. The monoisotopic (exact) mass is 876 g/mol. The fourth-order valence-corrected chi connectivity index (χ4v) is 7.97. The first-order chi connectivity index (χ1) is 31.2. The van der Waals surface area contributed by atoms with Gasteiger partial charge in [-0.15, -0.1) is 0 Å². The Morgan fingerprint density at radius 1 is 0.397 bits per heavy atom. The highest BCUT2D eigenvalue weighted by atomic mass is 16.3. The van der Waals surface area contributed by atoms with Crippen LogP contribution in [-0.2, 0) is 4.79 Å². The molecule has 0 bridgehead atoms. The average molecular weight is 876 g/mol. The highest BCUT2D eigenvalue weighted by molar-refractivity contribution is 5.76. The molecule has 0 radical (unpaired) electrons. The van der Waals surface area contributed by atoms with Crippen molar-refractivity contribution in [2.45, 2.75) is 276 Å². The highest BCUT2D eigenvalue weighted by Crippen LogP contribution is 2.16. The second kappa shape index (κ2) is 53.9. The van der Waals surface area contributed by atoms with Gasteiger partial charge >= 0.3 is 0 Å². The van der Waals surface area contributed by atoms with E-state index in [0.29, 0.717) is 6.42 Å². The molecule has 0 aliphatic carbocycles. The van der Waals surface area contributed by atoms with Crippen molar-refractivity contribution >= 4 is 5.91 Å². The maximum absolute atomic E-state index is 12.4. The van der Waals surface area contributed by atoms with Crippen molar-refractivity contribution in [3.05, 3.63) is 85.1 Å². The molecule has 0 saturated heterocycles. The summed E-state index contributed by atoms with van der Waals surface area (Å²) in [4.78, 5) is 12.4. The number of allylic oxidation sites excluding steroid dienone is 13. The fourth-order valence-electron chi connectivity index (χ4n) is 7.97. The number of hydrogen-bond donors (Lipinski definition) is 3. The molecule has 4 nitrogen and oxygen atoms in total. The van der Waals surface area contributed by atoms with Crippen LogP contribution in [0.3, 0.4) is 0 Å². The van der Waals surface area contributed by atoms with E-state index in [1.165, 1.54) is 173 Å². The molecule has 3 N–H and O–H groups in total. The maximum atomic E-state index is 12.4. The van der Waals surface area contributed by atoms with Crippen molar-refractivity contribution in [2.75, 3.05) is 6.61 Å². The van der Waals surface area contributed by atoms with E-state index in [1.807, 2.05) is 6.08 Å². The SMILES string of the molecule is CC/C=C\C/C=C\C/C=C\C/C=C\CCCCCCCCCCC(=O)NC(CO)C(O)/C=C/CC/C=C/CC/C=C/CCCCCCCCCCCCCCCCCCCCCC. The predicted octanol–water partition coefficient (Wildman–Crippen LogP) is 18.0. The van der Waals surface area contributed by atoms with Gasteiger partial charge in [-0.1, -0.05) is 259 Å². The summed E-state index contributed by atoms with van der Waals surface area (Å²) in [6, 6.07) is -0.656. The van der Waals surface area contributed by atoms with Gasteiger partial charge in [0, 0.05) is 6.42 Å². The molecule has 4 heteroatoms. The molecule has 0 rings (SSSR count). The Hall–Kier alpha value is -2.43. The second-order valence-corrected chi connectivity index (χ2v) is 18.2. The van der Waals surface area contributed by atoms with Crippen molar-refractivity contribution in [3.63, 3.8) is 0 Å². The molecule has 63 heavy (non-hydrogen) atoms. The fraction of sp³-hybridized carbons (Fsp3) is 0.746. The zero-order chi connectivity index (χ0) is 45.6. The third-order valence-corrected chi connectivity index (χ3v) is 12.1. The molecule has 0 aromatic rings. The third kappa shape index (κ3) is 50.4. The molecule has 0 heterocycles. The number of carbonyl (C=O) groups is 1. The molecular weight excluding hydrogens is 771 g/mol. The van der Waals surface area contributed by atoms with Crippen LogP contribution in [0.25, 0.3) is 0 Å². The largest absolute Gasteiger partial charge is 0.394 e. The summed E-state index contributed by atoms with van der Waals surface area (Å²) in [5.74, 6) is -0.0879. The summed E-state index contributed by atoms with van der Waals surface area (Å²) in [5, 5.41) is 23.1. The number of unbranched alkanes of at least 4 members (excludes halogenated alkanes) is 30. The van der Waals surface area contributed by atoms with Crippen molar-refractivity contribution < 1.29 is 15.0 Å². The second-order valence-electron chi connectivity index (χ2n) is 18.2. The third-order valence-electron chi connectivity index (χ3n) is 12.1. The molecule has 2 atom stereocenters. The minimum Gasteiger partial charge on any atom is -0.394 e. The quantitative estimate of drug-likeness (QED) is 0.0421. The number of nitrogens with one attached hydrogen (secondary N) is 1. The van der Waals surface area contributed by atoms with Crippen LogP contribution in [-0.4, -0.2) is 34.9 Å². The molecule has 364 valence electrons. The smallest absolute Gasteiger partial charge is 0.220 e. The number of rotatable bonds is 49. The Labute approximate surface area is 392 Å². The summed E-state index contributed by atoms with van der Waals surface area (Å²) in [6.45, 7) is 4.19. The zero-order valence-electron chi connectivity index (χ0n) is 41.8. The van der Waals surface area contributed by atoms with Crippen molar-refractivity contribution in [1.29, 1.82) is 0 Å². The minimum atomic E-state index is -0.880. The average Bonchev–Trinajstić information content (AvgIpc) is 3.29. The Morgan fingerprint density at radius 2 is 0.714 bits per heavy atom. The Morgan fingerprint density at radius 3 is 1.11 bits per heavy atom. The molecule has 0 spiro atoms. The van der Waals surface area contributed by atoms with E-state index >= 15 is 0 Å². The van der Waals surface area contributed by atoms with Gasteiger partial charge < -0.3 is 15.5 Å². The minimum absolute atomic E-state index is 0.0879.